The summed E-state index contributed by atoms with van der Waals surface area (Å²) in [6.45, 7) is 0.984. The first kappa shape index (κ1) is 18.4. The van der Waals surface area contributed by atoms with Gasteiger partial charge in [-0.1, -0.05) is 11.6 Å². The molecule has 0 aliphatic heterocycles. The lowest BCUT2D eigenvalue weighted by Crippen LogP contribution is -2.27. The first-order chi connectivity index (χ1) is 11.6. The van der Waals surface area contributed by atoms with E-state index in [4.69, 9.17) is 16.3 Å². The van der Waals surface area contributed by atoms with E-state index in [-0.39, 0.29) is 11.8 Å². The number of carbonyl (C=O) groups is 2. The van der Waals surface area contributed by atoms with E-state index in [0.717, 1.165) is 5.69 Å². The fraction of sp³-hybridized carbons (Fsp3) is 0.312. The van der Waals surface area contributed by atoms with Crippen molar-refractivity contribution in [1.82, 2.24) is 10.3 Å². The zero-order chi connectivity index (χ0) is 17.4. The van der Waals surface area contributed by atoms with Crippen molar-refractivity contribution < 1.29 is 14.3 Å². The lowest BCUT2D eigenvalue weighted by Gasteiger charge is -2.03. The van der Waals surface area contributed by atoms with Crippen LogP contribution in [-0.2, 0) is 16.0 Å². The Hall–Kier alpha value is -1.96. The molecule has 24 heavy (non-hydrogen) atoms. The maximum Gasteiger partial charge on any atom is 0.257 e. The maximum atomic E-state index is 12.1. The Kier molecular flexibility index (Phi) is 7.17. The van der Waals surface area contributed by atoms with Gasteiger partial charge in [0.1, 0.15) is 0 Å². The molecule has 0 spiro atoms. The number of anilines is 1. The topological polar surface area (TPSA) is 80.3 Å². The SMILES string of the molecule is COCCNC(=O)CCc1csc(NC(=O)c2ccc(Cl)cc2)n1. The van der Waals surface area contributed by atoms with E-state index in [1.165, 1.54) is 11.3 Å². The summed E-state index contributed by atoms with van der Waals surface area (Å²) in [6, 6.07) is 6.62. The van der Waals surface area contributed by atoms with Gasteiger partial charge in [-0.15, -0.1) is 11.3 Å². The lowest BCUT2D eigenvalue weighted by molar-refractivity contribution is -0.121. The van der Waals surface area contributed by atoms with E-state index in [9.17, 15) is 9.59 Å². The largest absolute Gasteiger partial charge is 0.383 e. The number of halogens is 1. The average Bonchev–Trinajstić information content (AvgIpc) is 3.01. The van der Waals surface area contributed by atoms with Gasteiger partial charge in [-0.25, -0.2) is 4.98 Å². The molecule has 0 saturated heterocycles. The Morgan fingerprint density at radius 2 is 2.04 bits per heavy atom. The second kappa shape index (κ2) is 9.36. The fourth-order valence-corrected chi connectivity index (χ4v) is 2.74. The van der Waals surface area contributed by atoms with Crippen LogP contribution in [0.1, 0.15) is 22.5 Å². The Bertz CT molecular complexity index is 688. The minimum absolute atomic E-state index is 0.0493. The van der Waals surface area contributed by atoms with Crippen LogP contribution in [0.2, 0.25) is 5.02 Å². The zero-order valence-electron chi connectivity index (χ0n) is 13.2. The molecule has 2 rings (SSSR count). The summed E-state index contributed by atoms with van der Waals surface area (Å²) < 4.78 is 4.87. The highest BCUT2D eigenvalue weighted by molar-refractivity contribution is 7.14. The molecule has 128 valence electrons. The van der Waals surface area contributed by atoms with E-state index in [1.807, 2.05) is 5.38 Å². The first-order valence-electron chi connectivity index (χ1n) is 7.35. The third kappa shape index (κ3) is 5.92. The molecule has 6 nitrogen and oxygen atoms in total. The summed E-state index contributed by atoms with van der Waals surface area (Å²) in [4.78, 5) is 28.0. The van der Waals surface area contributed by atoms with E-state index in [1.54, 1.807) is 31.4 Å². The number of nitrogens with one attached hydrogen (secondary N) is 2. The van der Waals surface area contributed by atoms with Crippen LogP contribution in [0.4, 0.5) is 5.13 Å². The van der Waals surface area contributed by atoms with Gasteiger partial charge < -0.3 is 10.1 Å². The Morgan fingerprint density at radius 1 is 1.29 bits per heavy atom. The number of thiazole rings is 1. The van der Waals surface area contributed by atoms with Gasteiger partial charge >= 0.3 is 0 Å². The Balaban J connectivity index is 1.81. The predicted octanol–water partition coefficient (Wildman–Crippen LogP) is 2.74. The molecule has 0 aliphatic rings. The standard InChI is InChI=1S/C16H18ClN3O3S/c1-23-9-8-18-14(21)7-6-13-10-24-16(19-13)20-15(22)11-2-4-12(17)5-3-11/h2-5,10H,6-9H2,1H3,(H,18,21)(H,19,20,22). The van der Waals surface area contributed by atoms with Crippen molar-refractivity contribution in [3.63, 3.8) is 0 Å². The quantitative estimate of drug-likeness (QED) is 0.703. The first-order valence-corrected chi connectivity index (χ1v) is 8.61. The highest BCUT2D eigenvalue weighted by Gasteiger charge is 2.10. The van der Waals surface area contributed by atoms with Crippen LogP contribution in [0, 0.1) is 0 Å². The predicted molar refractivity (Wildman–Crippen MR) is 94.7 cm³/mol. The van der Waals surface area contributed by atoms with E-state index in [2.05, 4.69) is 15.6 Å². The molecule has 1 aromatic heterocycles. The van der Waals surface area contributed by atoms with Crippen LogP contribution in [0.5, 0.6) is 0 Å². The summed E-state index contributed by atoms with van der Waals surface area (Å²) in [6.07, 6.45) is 0.865. The molecule has 0 aliphatic carbocycles. The van der Waals surface area contributed by atoms with Crippen molar-refractivity contribution in [3.8, 4) is 0 Å². The molecule has 0 radical (unpaired) electrons. The molecule has 0 unspecified atom stereocenters. The van der Waals surface area contributed by atoms with Gasteiger partial charge in [0.2, 0.25) is 5.91 Å². The summed E-state index contributed by atoms with van der Waals surface area (Å²) in [7, 11) is 1.58. The van der Waals surface area contributed by atoms with Crippen LogP contribution >= 0.6 is 22.9 Å². The summed E-state index contributed by atoms with van der Waals surface area (Å²) in [5.74, 6) is -0.295. The van der Waals surface area contributed by atoms with Crippen molar-refractivity contribution in [2.24, 2.45) is 0 Å². The van der Waals surface area contributed by atoms with E-state index in [0.29, 0.717) is 41.7 Å². The number of amides is 2. The smallest absolute Gasteiger partial charge is 0.257 e. The molecular weight excluding hydrogens is 350 g/mol. The van der Waals surface area contributed by atoms with Crippen molar-refractivity contribution in [3.05, 3.63) is 45.9 Å². The second-order valence-electron chi connectivity index (χ2n) is 4.95. The monoisotopic (exact) mass is 367 g/mol. The van der Waals surface area contributed by atoms with Gasteiger partial charge in [-0.3, -0.25) is 14.9 Å². The molecule has 2 N–H and O–H groups in total. The van der Waals surface area contributed by atoms with Crippen LogP contribution in [0.3, 0.4) is 0 Å². The third-order valence-electron chi connectivity index (χ3n) is 3.12. The van der Waals surface area contributed by atoms with Gasteiger partial charge in [0.05, 0.1) is 12.3 Å². The van der Waals surface area contributed by atoms with Crippen molar-refractivity contribution in [1.29, 1.82) is 0 Å². The molecule has 2 aromatic rings. The molecule has 1 aromatic carbocycles. The van der Waals surface area contributed by atoms with Gasteiger partial charge in [0.15, 0.2) is 5.13 Å². The Labute approximate surface area is 149 Å². The molecule has 1 heterocycles. The fourth-order valence-electron chi connectivity index (χ4n) is 1.87. The minimum atomic E-state index is -0.245. The van der Waals surface area contributed by atoms with Crippen LogP contribution < -0.4 is 10.6 Å². The average molecular weight is 368 g/mol. The van der Waals surface area contributed by atoms with Crippen LogP contribution in [0.15, 0.2) is 29.6 Å². The summed E-state index contributed by atoms with van der Waals surface area (Å²) >= 11 is 7.13. The van der Waals surface area contributed by atoms with Gasteiger partial charge in [-0.2, -0.15) is 0 Å². The lowest BCUT2D eigenvalue weighted by atomic mass is 10.2. The maximum absolute atomic E-state index is 12.1. The molecular formula is C16H18ClN3O3S. The summed E-state index contributed by atoms with van der Waals surface area (Å²) in [5, 5.41) is 8.40. The normalized spacial score (nSPS) is 10.4. The van der Waals surface area contributed by atoms with Crippen molar-refractivity contribution in [2.45, 2.75) is 12.8 Å². The van der Waals surface area contributed by atoms with Gasteiger partial charge in [0.25, 0.3) is 5.91 Å². The number of nitrogens with zero attached hydrogens (tertiary/aromatic N) is 1. The number of rotatable bonds is 8. The number of aryl methyl sites for hydroxylation is 1. The number of carbonyl (C=O) groups excluding carboxylic acids is 2. The molecule has 0 saturated carbocycles. The molecule has 8 heteroatoms. The Morgan fingerprint density at radius 3 is 2.75 bits per heavy atom. The number of aromatic nitrogens is 1. The van der Waals surface area contributed by atoms with Crippen LogP contribution in [-0.4, -0.2) is 37.1 Å². The van der Waals surface area contributed by atoms with Crippen LogP contribution in [0.25, 0.3) is 0 Å². The minimum Gasteiger partial charge on any atom is -0.383 e. The van der Waals surface area contributed by atoms with E-state index < -0.39 is 0 Å². The van der Waals surface area contributed by atoms with Gasteiger partial charge in [-0.05, 0) is 30.7 Å². The molecule has 0 atom stereocenters. The van der Waals surface area contributed by atoms with Gasteiger partial charge in [0, 0.05) is 36.0 Å². The third-order valence-corrected chi connectivity index (χ3v) is 4.17. The summed E-state index contributed by atoms with van der Waals surface area (Å²) in [5.41, 5.74) is 1.28. The number of benzene rings is 1. The van der Waals surface area contributed by atoms with Crippen molar-refractivity contribution in [2.75, 3.05) is 25.6 Å². The number of hydrogen-bond donors (Lipinski definition) is 2. The van der Waals surface area contributed by atoms with E-state index >= 15 is 0 Å². The molecule has 0 bridgehead atoms. The molecule has 2 amide bonds. The highest BCUT2D eigenvalue weighted by atomic mass is 35.5. The van der Waals surface area contributed by atoms with Crippen molar-refractivity contribution >= 4 is 39.9 Å². The number of ether oxygens (including phenoxy) is 1. The highest BCUT2D eigenvalue weighted by Crippen LogP contribution is 2.18. The second-order valence-corrected chi connectivity index (χ2v) is 6.24. The number of hydrogen-bond acceptors (Lipinski definition) is 5. The number of methoxy groups -OCH3 is 1. The molecule has 0 fully saturated rings. The zero-order valence-corrected chi connectivity index (χ0v) is 14.7.